The Balaban J connectivity index is 2.05. The first-order chi connectivity index (χ1) is 10.3. The lowest BCUT2D eigenvalue weighted by atomic mass is 10.1. The summed E-state index contributed by atoms with van der Waals surface area (Å²) in [4.78, 5) is 4.75. The average molecular weight is 298 g/mol. The van der Waals surface area contributed by atoms with Crippen LogP contribution in [-0.2, 0) is 6.42 Å². The molecule has 0 aliphatic carbocycles. The highest BCUT2D eigenvalue weighted by Gasteiger charge is 2.10. The molecule has 0 atom stereocenters. The largest absolute Gasteiger partial charge is 0.494 e. The fraction of sp³-hybridized carbons (Fsp3) is 0.235. The lowest BCUT2D eigenvalue weighted by molar-refractivity contribution is 0.341. The van der Waals surface area contributed by atoms with Crippen LogP contribution < -0.4 is 10.5 Å². The van der Waals surface area contributed by atoms with Crippen molar-refractivity contribution in [3.8, 4) is 16.3 Å². The first kappa shape index (κ1) is 14.0. The van der Waals surface area contributed by atoms with Crippen molar-refractivity contribution in [1.29, 1.82) is 0 Å². The van der Waals surface area contributed by atoms with Gasteiger partial charge in [0.15, 0.2) is 0 Å². The molecule has 0 bridgehead atoms. The Morgan fingerprint density at radius 1 is 1.19 bits per heavy atom. The van der Waals surface area contributed by atoms with Crippen molar-refractivity contribution in [2.45, 2.75) is 13.3 Å². The third kappa shape index (κ3) is 2.91. The van der Waals surface area contributed by atoms with E-state index in [-0.39, 0.29) is 0 Å². The van der Waals surface area contributed by atoms with Gasteiger partial charge in [0, 0.05) is 5.56 Å². The van der Waals surface area contributed by atoms with Crippen LogP contribution in [0, 0.1) is 0 Å². The number of benzene rings is 2. The third-order valence-corrected chi connectivity index (χ3v) is 4.38. The van der Waals surface area contributed by atoms with Crippen LogP contribution >= 0.6 is 11.3 Å². The summed E-state index contributed by atoms with van der Waals surface area (Å²) in [5.41, 5.74) is 9.15. The van der Waals surface area contributed by atoms with E-state index in [1.807, 2.05) is 25.1 Å². The Hall–Kier alpha value is -1.91. The molecule has 3 aromatic rings. The van der Waals surface area contributed by atoms with Crippen LogP contribution in [-0.4, -0.2) is 18.1 Å². The Bertz CT molecular complexity index is 751. The molecule has 21 heavy (non-hydrogen) atoms. The van der Waals surface area contributed by atoms with Gasteiger partial charge >= 0.3 is 0 Å². The lowest BCUT2D eigenvalue weighted by Crippen LogP contribution is -2.03. The molecule has 108 valence electrons. The van der Waals surface area contributed by atoms with Crippen LogP contribution in [0.1, 0.15) is 12.5 Å². The number of aromatic nitrogens is 1. The van der Waals surface area contributed by atoms with Crippen molar-refractivity contribution < 1.29 is 4.74 Å². The summed E-state index contributed by atoms with van der Waals surface area (Å²) < 4.78 is 6.70. The second-order valence-electron chi connectivity index (χ2n) is 4.78. The summed E-state index contributed by atoms with van der Waals surface area (Å²) in [5, 5.41) is 1.04. The van der Waals surface area contributed by atoms with Crippen molar-refractivity contribution in [2.75, 3.05) is 13.2 Å². The zero-order valence-corrected chi connectivity index (χ0v) is 12.8. The van der Waals surface area contributed by atoms with Crippen molar-refractivity contribution in [3.05, 3.63) is 48.0 Å². The van der Waals surface area contributed by atoms with Gasteiger partial charge in [-0.1, -0.05) is 24.3 Å². The maximum Gasteiger partial charge on any atom is 0.124 e. The third-order valence-electron chi connectivity index (χ3n) is 3.33. The fourth-order valence-corrected chi connectivity index (χ4v) is 3.43. The average Bonchev–Trinajstić information content (AvgIpc) is 2.91. The van der Waals surface area contributed by atoms with Gasteiger partial charge in [-0.25, -0.2) is 4.98 Å². The standard InChI is InChI=1S/C17H18N2OS/c1-2-20-13-7-8-15-16(11-13)21-17(19-15)14-6-4-3-5-12(14)9-10-18/h3-8,11H,2,9-10,18H2,1H3. The van der Waals surface area contributed by atoms with E-state index in [0.29, 0.717) is 13.2 Å². The molecule has 2 aromatic carbocycles. The molecular weight excluding hydrogens is 280 g/mol. The summed E-state index contributed by atoms with van der Waals surface area (Å²) in [5.74, 6) is 0.899. The monoisotopic (exact) mass is 298 g/mol. The molecule has 0 aliphatic heterocycles. The fourth-order valence-electron chi connectivity index (χ4n) is 2.38. The van der Waals surface area contributed by atoms with Crippen molar-refractivity contribution >= 4 is 21.6 Å². The Labute approximate surface area is 128 Å². The van der Waals surface area contributed by atoms with E-state index in [1.54, 1.807) is 11.3 Å². The highest BCUT2D eigenvalue weighted by Crippen LogP contribution is 2.34. The van der Waals surface area contributed by atoms with Crippen molar-refractivity contribution in [3.63, 3.8) is 0 Å². The summed E-state index contributed by atoms with van der Waals surface area (Å²) in [6, 6.07) is 14.4. The van der Waals surface area contributed by atoms with Gasteiger partial charge in [-0.3, -0.25) is 0 Å². The van der Waals surface area contributed by atoms with Crippen LogP contribution in [0.25, 0.3) is 20.8 Å². The van der Waals surface area contributed by atoms with E-state index in [4.69, 9.17) is 15.5 Å². The molecule has 3 nitrogen and oxygen atoms in total. The smallest absolute Gasteiger partial charge is 0.124 e. The normalized spacial score (nSPS) is 11.0. The SMILES string of the molecule is CCOc1ccc2nc(-c3ccccc3CCN)sc2c1. The Morgan fingerprint density at radius 2 is 2.05 bits per heavy atom. The molecule has 0 fully saturated rings. The first-order valence-corrected chi connectivity index (χ1v) is 7.95. The molecule has 0 aliphatic rings. The summed E-state index contributed by atoms with van der Waals surface area (Å²) in [6.45, 7) is 3.32. The van der Waals surface area contributed by atoms with Gasteiger partial charge in [-0.15, -0.1) is 11.3 Å². The first-order valence-electron chi connectivity index (χ1n) is 7.13. The predicted molar refractivity (Wildman–Crippen MR) is 89.0 cm³/mol. The maximum absolute atomic E-state index is 5.70. The molecule has 0 saturated heterocycles. The van der Waals surface area contributed by atoms with Gasteiger partial charge in [0.05, 0.1) is 16.8 Å². The van der Waals surface area contributed by atoms with Gasteiger partial charge in [0.1, 0.15) is 10.8 Å². The number of hydrogen-bond donors (Lipinski definition) is 1. The summed E-state index contributed by atoms with van der Waals surface area (Å²) in [6.07, 6.45) is 0.871. The number of ether oxygens (including phenoxy) is 1. The number of nitrogens with two attached hydrogens (primary N) is 1. The van der Waals surface area contributed by atoms with Gasteiger partial charge in [-0.2, -0.15) is 0 Å². The molecule has 0 amide bonds. The molecule has 1 aromatic heterocycles. The topological polar surface area (TPSA) is 48.1 Å². The Morgan fingerprint density at radius 3 is 2.86 bits per heavy atom. The quantitative estimate of drug-likeness (QED) is 0.778. The zero-order valence-electron chi connectivity index (χ0n) is 12.0. The number of rotatable bonds is 5. The molecule has 0 radical (unpaired) electrons. The van der Waals surface area contributed by atoms with E-state index < -0.39 is 0 Å². The van der Waals surface area contributed by atoms with Gasteiger partial charge < -0.3 is 10.5 Å². The Kier molecular flexibility index (Phi) is 4.18. The van der Waals surface area contributed by atoms with Crippen molar-refractivity contribution in [2.24, 2.45) is 5.73 Å². The van der Waals surface area contributed by atoms with E-state index in [0.717, 1.165) is 27.4 Å². The highest BCUT2D eigenvalue weighted by atomic mass is 32.1. The van der Waals surface area contributed by atoms with E-state index in [9.17, 15) is 0 Å². The minimum atomic E-state index is 0.649. The molecule has 2 N–H and O–H groups in total. The van der Waals surface area contributed by atoms with Gasteiger partial charge in [-0.05, 0) is 43.7 Å². The number of thiazole rings is 1. The molecule has 1 heterocycles. The molecule has 0 spiro atoms. The van der Waals surface area contributed by atoms with Crippen molar-refractivity contribution in [1.82, 2.24) is 4.98 Å². The number of nitrogens with zero attached hydrogens (tertiary/aromatic N) is 1. The van der Waals surface area contributed by atoms with E-state index in [1.165, 1.54) is 11.1 Å². The lowest BCUT2D eigenvalue weighted by Gasteiger charge is -2.04. The number of fused-ring (bicyclic) bond motifs is 1. The van der Waals surface area contributed by atoms with Crippen LogP contribution in [0.4, 0.5) is 0 Å². The van der Waals surface area contributed by atoms with Crippen LogP contribution in [0.2, 0.25) is 0 Å². The van der Waals surface area contributed by atoms with Crippen LogP contribution in [0.15, 0.2) is 42.5 Å². The van der Waals surface area contributed by atoms with Crippen LogP contribution in [0.3, 0.4) is 0 Å². The summed E-state index contributed by atoms with van der Waals surface area (Å²) >= 11 is 1.70. The summed E-state index contributed by atoms with van der Waals surface area (Å²) in [7, 11) is 0. The van der Waals surface area contributed by atoms with E-state index in [2.05, 4.69) is 24.3 Å². The van der Waals surface area contributed by atoms with E-state index >= 15 is 0 Å². The zero-order chi connectivity index (χ0) is 14.7. The molecular formula is C17H18N2OS. The van der Waals surface area contributed by atoms with Gasteiger partial charge in [0.25, 0.3) is 0 Å². The van der Waals surface area contributed by atoms with Gasteiger partial charge in [0.2, 0.25) is 0 Å². The number of hydrogen-bond acceptors (Lipinski definition) is 4. The molecule has 4 heteroatoms. The highest BCUT2D eigenvalue weighted by molar-refractivity contribution is 7.21. The minimum absolute atomic E-state index is 0.649. The predicted octanol–water partition coefficient (Wildman–Crippen LogP) is 3.86. The minimum Gasteiger partial charge on any atom is -0.494 e. The molecule has 3 rings (SSSR count). The second-order valence-corrected chi connectivity index (χ2v) is 5.81. The maximum atomic E-state index is 5.70. The molecule has 0 saturated carbocycles. The van der Waals surface area contributed by atoms with Crippen LogP contribution in [0.5, 0.6) is 5.75 Å². The molecule has 0 unspecified atom stereocenters. The second kappa shape index (κ2) is 6.24.